The number of carbonyl (C=O) groups excluding carboxylic acids is 1. The Morgan fingerprint density at radius 2 is 1.38 bits per heavy atom. The molecule has 15 atom stereocenters. The zero-order chi connectivity index (χ0) is 31.0. The van der Waals surface area contributed by atoms with Gasteiger partial charge in [-0.05, 0) is 0 Å². The molecule has 4 fully saturated rings. The van der Waals surface area contributed by atoms with Crippen molar-refractivity contribution >= 4 is 6.41 Å². The molecule has 0 spiro atoms. The fourth-order valence-electron chi connectivity index (χ4n) is 4.62. The number of aliphatic hydroxyl groups is 8. The average molecular weight is 616 g/mol. The normalized spacial score (nSPS) is 44.8. The first-order valence-corrected chi connectivity index (χ1v) is 12.7. The van der Waals surface area contributed by atoms with Crippen molar-refractivity contribution in [2.45, 2.75) is 92.1 Å². The fourth-order valence-corrected chi connectivity index (χ4v) is 4.62. The summed E-state index contributed by atoms with van der Waals surface area (Å²) in [4.78, 5) is 13.1. The molecular formula is C23H37NO18. The van der Waals surface area contributed by atoms with Crippen LogP contribution in [-0.2, 0) is 47.5 Å². The molecule has 0 aliphatic carbocycles. The molecule has 9 N–H and O–H groups in total. The molecule has 242 valence electrons. The third-order valence-electron chi connectivity index (χ3n) is 6.84. The van der Waals surface area contributed by atoms with Gasteiger partial charge in [0, 0.05) is 7.11 Å². The number of nitrogens with one attached hydrogen (secondary N) is 1. The lowest BCUT2D eigenvalue weighted by molar-refractivity contribution is -0.394. The molecule has 0 aromatic rings. The van der Waals surface area contributed by atoms with Crippen molar-refractivity contribution in [3.63, 3.8) is 0 Å². The Morgan fingerprint density at radius 1 is 0.833 bits per heavy atom. The summed E-state index contributed by atoms with van der Waals surface area (Å²) in [5.41, 5.74) is 1.78. The maximum Gasteiger partial charge on any atom is 0.240 e. The first-order chi connectivity index (χ1) is 20.1. The number of terminal acetylenes is 1. The molecule has 4 rings (SSSR count). The molecule has 14 unspecified atom stereocenters. The fraction of sp³-hybridized carbons (Fsp3) is 0.870. The van der Waals surface area contributed by atoms with Gasteiger partial charge < -0.3 is 83.6 Å². The van der Waals surface area contributed by atoms with Gasteiger partial charge in [0.1, 0.15) is 86.1 Å². The summed E-state index contributed by atoms with van der Waals surface area (Å²) in [6.07, 6.45) is -14.5. The average Bonchev–Trinajstić information content (AvgIpc) is 2.97. The van der Waals surface area contributed by atoms with E-state index in [0.717, 1.165) is 0 Å². The largest absolute Gasteiger partial charge is 0.394 e. The van der Waals surface area contributed by atoms with Crippen molar-refractivity contribution in [2.75, 3.05) is 33.7 Å². The molecule has 4 aliphatic rings. The standard InChI is InChI=1S/C20H34O16.C3H3NO2/c1-29-5-31-18-13(27)16(9(23)6(2-21)32-18)36-20-14(28)17(10(24)7(3-22)33-20)35-19-12(26)11(25)15-8(34-19)4-30-15;1-2-6-4-3-5/h6-28H,2-5H2,1H3;1,3H,(H,4,5)/t6?,7?,8?,9?,10?,11?,12?,13?,14?,15?,16-,17?,18?,19?,20?;/m0./s1. The topological polar surface area (TPSA) is 274 Å². The number of aliphatic hydroxyl groups excluding tert-OH is 8. The Bertz CT molecular complexity index is 864. The third-order valence-corrected chi connectivity index (χ3v) is 6.84. The van der Waals surface area contributed by atoms with Crippen LogP contribution in [0, 0.1) is 12.5 Å². The SMILES string of the molecule is C#CONC=O.COCOC1OC(CO)C(O)[C@H](OC2OC(CO)C(O)C(OC3OC4COC4C(O)C3O)C2O)C1O. The number of amides is 1. The van der Waals surface area contributed by atoms with Gasteiger partial charge in [-0.2, -0.15) is 5.48 Å². The molecular weight excluding hydrogens is 578 g/mol. The van der Waals surface area contributed by atoms with E-state index >= 15 is 0 Å². The predicted molar refractivity (Wildman–Crippen MR) is 128 cm³/mol. The van der Waals surface area contributed by atoms with E-state index in [9.17, 15) is 45.6 Å². The Labute approximate surface area is 239 Å². The highest BCUT2D eigenvalue weighted by molar-refractivity contribution is 5.43. The number of methoxy groups -OCH3 is 1. The van der Waals surface area contributed by atoms with Crippen molar-refractivity contribution < 1.29 is 88.4 Å². The Balaban J connectivity index is 0.000000730. The van der Waals surface area contributed by atoms with E-state index in [1.807, 2.05) is 0 Å². The van der Waals surface area contributed by atoms with Crippen molar-refractivity contribution in [1.82, 2.24) is 5.48 Å². The van der Waals surface area contributed by atoms with Crippen LogP contribution in [0.15, 0.2) is 0 Å². The van der Waals surface area contributed by atoms with Gasteiger partial charge in [0.2, 0.25) is 6.41 Å². The smallest absolute Gasteiger partial charge is 0.240 e. The molecule has 19 nitrogen and oxygen atoms in total. The minimum absolute atomic E-state index is 0.149. The Kier molecular flexibility index (Phi) is 13.5. The van der Waals surface area contributed by atoms with Crippen LogP contribution in [0.5, 0.6) is 0 Å². The second kappa shape index (κ2) is 16.3. The molecule has 4 heterocycles. The van der Waals surface area contributed by atoms with Gasteiger partial charge in [-0.1, -0.05) is 6.42 Å². The molecule has 19 heteroatoms. The van der Waals surface area contributed by atoms with Crippen LogP contribution in [0.1, 0.15) is 0 Å². The molecule has 0 bridgehead atoms. The first kappa shape index (κ1) is 34.7. The van der Waals surface area contributed by atoms with Crippen LogP contribution in [0.4, 0.5) is 0 Å². The summed E-state index contributed by atoms with van der Waals surface area (Å²) in [7, 11) is 1.33. The van der Waals surface area contributed by atoms with Gasteiger partial charge in [-0.3, -0.25) is 4.79 Å². The van der Waals surface area contributed by atoms with Crippen molar-refractivity contribution in [3.8, 4) is 12.5 Å². The Morgan fingerprint density at radius 3 is 1.83 bits per heavy atom. The van der Waals surface area contributed by atoms with E-state index in [1.54, 1.807) is 11.6 Å². The highest BCUT2D eigenvalue weighted by atomic mass is 16.8. The van der Waals surface area contributed by atoms with E-state index in [-0.39, 0.29) is 13.4 Å². The molecule has 42 heavy (non-hydrogen) atoms. The molecule has 4 aliphatic heterocycles. The van der Waals surface area contributed by atoms with Crippen molar-refractivity contribution in [1.29, 1.82) is 0 Å². The van der Waals surface area contributed by atoms with Crippen LogP contribution in [0.3, 0.4) is 0 Å². The van der Waals surface area contributed by atoms with Crippen LogP contribution < -0.4 is 5.48 Å². The highest BCUT2D eigenvalue weighted by Gasteiger charge is 2.55. The zero-order valence-corrected chi connectivity index (χ0v) is 22.3. The molecule has 0 aromatic heterocycles. The number of fused-ring (bicyclic) bond motifs is 1. The second-order valence-electron chi connectivity index (χ2n) is 9.47. The number of hydrogen-bond donors (Lipinski definition) is 9. The van der Waals surface area contributed by atoms with E-state index in [4.69, 9.17) is 37.9 Å². The summed E-state index contributed by atoms with van der Waals surface area (Å²) >= 11 is 0. The zero-order valence-electron chi connectivity index (χ0n) is 22.3. The lowest BCUT2D eigenvalue weighted by Gasteiger charge is -2.50. The van der Waals surface area contributed by atoms with Crippen molar-refractivity contribution in [3.05, 3.63) is 0 Å². The predicted octanol–water partition coefficient (Wildman–Crippen LogP) is -6.64. The number of carbonyl (C=O) groups is 1. The summed E-state index contributed by atoms with van der Waals surface area (Å²) in [6, 6.07) is 0. The minimum Gasteiger partial charge on any atom is -0.394 e. The van der Waals surface area contributed by atoms with Gasteiger partial charge >= 0.3 is 0 Å². The minimum atomic E-state index is -1.79. The van der Waals surface area contributed by atoms with Gasteiger partial charge in [-0.25, -0.2) is 0 Å². The second-order valence-corrected chi connectivity index (χ2v) is 9.47. The number of rotatable bonds is 11. The van der Waals surface area contributed by atoms with E-state index in [2.05, 4.69) is 11.3 Å². The summed E-state index contributed by atoms with van der Waals surface area (Å²) in [5, 5.41) is 82.6. The van der Waals surface area contributed by atoms with Crippen LogP contribution in [-0.4, -0.2) is 173 Å². The van der Waals surface area contributed by atoms with E-state index in [0.29, 0.717) is 6.41 Å². The molecule has 1 amide bonds. The molecule has 0 radical (unpaired) electrons. The van der Waals surface area contributed by atoms with E-state index in [1.165, 1.54) is 7.11 Å². The number of hydroxylamine groups is 1. The molecule has 4 saturated heterocycles. The molecule has 0 saturated carbocycles. The maximum absolute atomic E-state index is 10.9. The van der Waals surface area contributed by atoms with Crippen molar-refractivity contribution in [2.24, 2.45) is 0 Å². The number of hydrogen-bond acceptors (Lipinski definition) is 18. The molecule has 0 aromatic carbocycles. The third kappa shape index (κ3) is 7.82. The van der Waals surface area contributed by atoms with Gasteiger partial charge in [0.05, 0.1) is 19.8 Å². The lowest BCUT2D eigenvalue weighted by Crippen LogP contribution is -2.68. The summed E-state index contributed by atoms with van der Waals surface area (Å²) < 4.78 is 42.7. The summed E-state index contributed by atoms with van der Waals surface area (Å²) in [5.74, 6) is 0. The van der Waals surface area contributed by atoms with Crippen LogP contribution in [0.25, 0.3) is 0 Å². The van der Waals surface area contributed by atoms with Crippen LogP contribution in [0.2, 0.25) is 0 Å². The number of ether oxygens (including phenoxy) is 8. The van der Waals surface area contributed by atoms with Gasteiger partial charge in [0.15, 0.2) is 18.9 Å². The maximum atomic E-state index is 10.9. The van der Waals surface area contributed by atoms with Gasteiger partial charge in [-0.15, -0.1) is 0 Å². The van der Waals surface area contributed by atoms with Crippen LogP contribution >= 0.6 is 0 Å². The van der Waals surface area contributed by atoms with E-state index < -0.39 is 105 Å². The first-order valence-electron chi connectivity index (χ1n) is 12.7. The highest BCUT2D eigenvalue weighted by Crippen LogP contribution is 2.35. The Hall–Kier alpha value is -1.81. The summed E-state index contributed by atoms with van der Waals surface area (Å²) in [6.45, 7) is -1.54. The monoisotopic (exact) mass is 615 g/mol. The quantitative estimate of drug-likeness (QED) is 0.0343. The lowest BCUT2D eigenvalue weighted by atomic mass is 9.94. The van der Waals surface area contributed by atoms with Gasteiger partial charge in [0.25, 0.3) is 0 Å².